The molecular weight excluding hydrogens is 464 g/mol. The zero-order valence-corrected chi connectivity index (χ0v) is 21.5. The van der Waals surface area contributed by atoms with Gasteiger partial charge in [-0.15, -0.1) is 0 Å². The fraction of sp³-hybridized carbons (Fsp3) is 0.323. The van der Waals surface area contributed by atoms with Crippen molar-refractivity contribution in [3.8, 4) is 16.9 Å². The van der Waals surface area contributed by atoms with Crippen molar-refractivity contribution in [3.05, 3.63) is 90.1 Å². The average Bonchev–Trinajstić information content (AvgIpc) is 3.29. The van der Waals surface area contributed by atoms with Gasteiger partial charge >= 0.3 is 5.97 Å². The van der Waals surface area contributed by atoms with Gasteiger partial charge in [-0.2, -0.15) is 0 Å². The number of β-amino-alcohol motifs (C(OH)–C–C–N with tert-alkyl or cyclic N) is 1. The van der Waals surface area contributed by atoms with E-state index in [-0.39, 0.29) is 25.0 Å². The fourth-order valence-electron chi connectivity index (χ4n) is 5.26. The van der Waals surface area contributed by atoms with Crippen molar-refractivity contribution in [1.29, 1.82) is 0 Å². The van der Waals surface area contributed by atoms with E-state index in [4.69, 9.17) is 9.47 Å². The van der Waals surface area contributed by atoms with Crippen LogP contribution >= 0.6 is 0 Å². The third-order valence-corrected chi connectivity index (χ3v) is 7.13. The number of aromatic nitrogens is 1. The molecule has 0 spiro atoms. The number of aliphatic hydroxyl groups is 1. The van der Waals surface area contributed by atoms with Crippen LogP contribution in [0, 0.1) is 0 Å². The third kappa shape index (κ3) is 5.71. The zero-order valence-electron chi connectivity index (χ0n) is 21.5. The van der Waals surface area contributed by atoms with Gasteiger partial charge in [0, 0.05) is 37.9 Å². The van der Waals surface area contributed by atoms with Crippen molar-refractivity contribution < 1.29 is 19.4 Å². The first-order valence-corrected chi connectivity index (χ1v) is 13.0. The molecule has 0 amide bonds. The Morgan fingerprint density at radius 2 is 1.89 bits per heavy atom. The number of carbonyl (C=O) groups excluding carboxylic acids is 1. The standard InChI is InChI=1S/C31H34N2O4/c1-3-36-31(35)19-30-28-10-5-4-7-22(28)14-16-33(30)20-26(34)21-37-27-9-6-8-24(17-27)25-12-11-23-13-15-32(2)29(23)18-25/h4-13,15,17-18,26,30,34H,3,14,16,19-21H2,1-2H3. The quantitative estimate of drug-likeness (QED) is 0.324. The summed E-state index contributed by atoms with van der Waals surface area (Å²) in [7, 11) is 2.05. The van der Waals surface area contributed by atoms with Crippen LogP contribution in [-0.2, 0) is 23.0 Å². The monoisotopic (exact) mass is 498 g/mol. The van der Waals surface area contributed by atoms with E-state index >= 15 is 0 Å². The SMILES string of the molecule is CCOC(=O)CC1c2ccccc2CCN1CC(O)COc1cccc(-c2ccc3ccn(C)c3c2)c1. The zero-order chi connectivity index (χ0) is 25.8. The molecule has 0 saturated heterocycles. The molecule has 192 valence electrons. The Bertz CT molecular complexity index is 1380. The molecule has 1 N–H and O–H groups in total. The molecule has 0 radical (unpaired) electrons. The number of aryl methyl sites for hydroxylation is 1. The van der Waals surface area contributed by atoms with Crippen LogP contribution in [-0.4, -0.2) is 53.0 Å². The molecule has 0 aliphatic carbocycles. The highest BCUT2D eigenvalue weighted by Gasteiger charge is 2.30. The molecule has 1 aliphatic rings. The highest BCUT2D eigenvalue weighted by molar-refractivity contribution is 5.85. The molecular formula is C31H34N2O4. The van der Waals surface area contributed by atoms with Gasteiger partial charge in [0.25, 0.3) is 0 Å². The molecule has 6 nitrogen and oxygen atoms in total. The van der Waals surface area contributed by atoms with Crippen LogP contribution in [0.4, 0.5) is 0 Å². The van der Waals surface area contributed by atoms with Gasteiger partial charge in [-0.1, -0.05) is 48.5 Å². The number of esters is 1. The predicted molar refractivity (Wildman–Crippen MR) is 146 cm³/mol. The molecule has 1 aromatic heterocycles. The van der Waals surface area contributed by atoms with Gasteiger partial charge in [-0.3, -0.25) is 9.69 Å². The number of aliphatic hydroxyl groups excluding tert-OH is 1. The minimum atomic E-state index is -0.696. The second-order valence-corrected chi connectivity index (χ2v) is 9.66. The summed E-state index contributed by atoms with van der Waals surface area (Å²) < 4.78 is 13.4. The third-order valence-electron chi connectivity index (χ3n) is 7.13. The molecule has 0 saturated carbocycles. The number of ether oxygens (including phenoxy) is 2. The Hall–Kier alpha value is -3.61. The minimum absolute atomic E-state index is 0.116. The number of fused-ring (bicyclic) bond motifs is 2. The van der Waals surface area contributed by atoms with Crippen LogP contribution in [0.2, 0.25) is 0 Å². The summed E-state index contributed by atoms with van der Waals surface area (Å²) in [4.78, 5) is 14.5. The number of hydrogen-bond acceptors (Lipinski definition) is 5. The fourth-order valence-corrected chi connectivity index (χ4v) is 5.26. The number of carbonyl (C=O) groups is 1. The average molecular weight is 499 g/mol. The molecule has 5 rings (SSSR count). The molecule has 2 heterocycles. The molecule has 37 heavy (non-hydrogen) atoms. The predicted octanol–water partition coefficient (Wildman–Crippen LogP) is 5.14. The van der Waals surface area contributed by atoms with Gasteiger partial charge in [0.15, 0.2) is 0 Å². The van der Waals surface area contributed by atoms with Crippen LogP contribution in [0.15, 0.2) is 79.0 Å². The summed E-state index contributed by atoms with van der Waals surface area (Å²) in [5, 5.41) is 12.1. The van der Waals surface area contributed by atoms with Crippen molar-refractivity contribution in [2.75, 3.05) is 26.3 Å². The van der Waals surface area contributed by atoms with E-state index in [1.807, 2.05) is 44.3 Å². The second kappa shape index (κ2) is 11.2. The number of hydrogen-bond donors (Lipinski definition) is 1. The topological polar surface area (TPSA) is 63.9 Å². The molecule has 6 heteroatoms. The smallest absolute Gasteiger partial charge is 0.307 e. The Morgan fingerprint density at radius 3 is 2.76 bits per heavy atom. The molecule has 2 atom stereocenters. The van der Waals surface area contributed by atoms with Gasteiger partial charge in [-0.25, -0.2) is 0 Å². The van der Waals surface area contributed by atoms with E-state index in [1.54, 1.807) is 0 Å². The highest BCUT2D eigenvalue weighted by Crippen LogP contribution is 2.33. The molecule has 3 aromatic carbocycles. The normalized spacial score (nSPS) is 16.4. The summed E-state index contributed by atoms with van der Waals surface area (Å²) in [6.07, 6.45) is 2.52. The second-order valence-electron chi connectivity index (χ2n) is 9.66. The van der Waals surface area contributed by atoms with Crippen LogP contribution in [0.3, 0.4) is 0 Å². The summed E-state index contributed by atoms with van der Waals surface area (Å²) >= 11 is 0. The maximum Gasteiger partial charge on any atom is 0.307 e. The van der Waals surface area contributed by atoms with E-state index < -0.39 is 6.10 Å². The van der Waals surface area contributed by atoms with Crippen molar-refractivity contribution in [2.45, 2.75) is 31.9 Å². The van der Waals surface area contributed by atoms with Crippen molar-refractivity contribution in [1.82, 2.24) is 9.47 Å². The van der Waals surface area contributed by atoms with Crippen molar-refractivity contribution >= 4 is 16.9 Å². The molecule has 0 fully saturated rings. The maximum absolute atomic E-state index is 12.4. The maximum atomic E-state index is 12.4. The van der Waals surface area contributed by atoms with Gasteiger partial charge in [0.2, 0.25) is 0 Å². The van der Waals surface area contributed by atoms with Crippen molar-refractivity contribution in [3.63, 3.8) is 0 Å². The van der Waals surface area contributed by atoms with E-state index in [0.717, 1.165) is 35.4 Å². The van der Waals surface area contributed by atoms with Gasteiger partial charge in [0.05, 0.1) is 13.0 Å². The van der Waals surface area contributed by atoms with Crippen LogP contribution < -0.4 is 4.74 Å². The minimum Gasteiger partial charge on any atom is -0.491 e. The number of benzene rings is 3. The van der Waals surface area contributed by atoms with E-state index in [9.17, 15) is 9.90 Å². The van der Waals surface area contributed by atoms with Crippen LogP contribution in [0.5, 0.6) is 5.75 Å². The molecule has 4 aromatic rings. The van der Waals surface area contributed by atoms with Gasteiger partial charge in [-0.05, 0) is 65.3 Å². The Morgan fingerprint density at radius 1 is 1.05 bits per heavy atom. The first-order chi connectivity index (χ1) is 18.0. The lowest BCUT2D eigenvalue weighted by Crippen LogP contribution is -2.42. The summed E-state index contributed by atoms with van der Waals surface area (Å²) in [6, 6.07) is 24.6. The van der Waals surface area contributed by atoms with E-state index in [0.29, 0.717) is 13.2 Å². The van der Waals surface area contributed by atoms with Crippen molar-refractivity contribution in [2.24, 2.45) is 7.05 Å². The molecule has 2 unspecified atom stereocenters. The van der Waals surface area contributed by atoms with E-state index in [2.05, 4.69) is 58.1 Å². The Kier molecular flexibility index (Phi) is 7.58. The van der Waals surface area contributed by atoms with E-state index in [1.165, 1.54) is 16.5 Å². The molecule has 0 bridgehead atoms. The molecule has 1 aliphatic heterocycles. The lowest BCUT2D eigenvalue weighted by molar-refractivity contribution is -0.145. The first-order valence-electron chi connectivity index (χ1n) is 13.0. The van der Waals surface area contributed by atoms with Gasteiger partial charge < -0.3 is 19.1 Å². The van der Waals surface area contributed by atoms with Crippen LogP contribution in [0.25, 0.3) is 22.0 Å². The Balaban J connectivity index is 1.25. The lowest BCUT2D eigenvalue weighted by atomic mass is 9.90. The summed E-state index contributed by atoms with van der Waals surface area (Å²) in [6.45, 7) is 3.55. The number of nitrogens with zero attached hydrogens (tertiary/aromatic N) is 2. The largest absolute Gasteiger partial charge is 0.491 e. The summed E-state index contributed by atoms with van der Waals surface area (Å²) in [5.74, 6) is 0.501. The van der Waals surface area contributed by atoms with Gasteiger partial charge in [0.1, 0.15) is 18.5 Å². The summed E-state index contributed by atoms with van der Waals surface area (Å²) in [5.41, 5.74) is 5.76. The Labute approximate surface area is 218 Å². The first kappa shape index (κ1) is 25.1. The van der Waals surface area contributed by atoms with Crippen LogP contribution in [0.1, 0.15) is 30.5 Å². The lowest BCUT2D eigenvalue weighted by Gasteiger charge is -2.38. The number of rotatable bonds is 9. The highest BCUT2D eigenvalue weighted by atomic mass is 16.5.